The molecule has 1 unspecified atom stereocenters. The molecule has 0 radical (unpaired) electrons. The van der Waals surface area contributed by atoms with Crippen molar-refractivity contribution < 1.29 is 19.4 Å². The van der Waals surface area contributed by atoms with Gasteiger partial charge in [-0.25, -0.2) is 9.59 Å². The van der Waals surface area contributed by atoms with Crippen LogP contribution < -0.4 is 0 Å². The molecule has 0 bridgehead atoms. The normalized spacial score (nSPS) is 18.3. The van der Waals surface area contributed by atoms with E-state index >= 15 is 0 Å². The van der Waals surface area contributed by atoms with Crippen LogP contribution >= 0.6 is 11.3 Å². The minimum atomic E-state index is -0.935. The molecule has 1 aromatic rings. The fourth-order valence-electron chi connectivity index (χ4n) is 2.14. The molecule has 0 aliphatic carbocycles. The number of amides is 1. The van der Waals surface area contributed by atoms with E-state index < -0.39 is 5.97 Å². The van der Waals surface area contributed by atoms with E-state index in [1.165, 1.54) is 17.4 Å². The highest BCUT2D eigenvalue weighted by Crippen LogP contribution is 2.36. The van der Waals surface area contributed by atoms with Gasteiger partial charge in [0.05, 0.1) is 6.04 Å². The summed E-state index contributed by atoms with van der Waals surface area (Å²) in [5, 5.41) is 8.93. The minimum absolute atomic E-state index is 0.0737. The molecule has 19 heavy (non-hydrogen) atoms. The second-order valence-corrected chi connectivity index (χ2v) is 5.34. The van der Waals surface area contributed by atoms with Crippen molar-refractivity contribution in [2.45, 2.75) is 18.9 Å². The topological polar surface area (TPSA) is 66.8 Å². The predicted octanol–water partition coefficient (Wildman–Crippen LogP) is 2.91. The highest BCUT2D eigenvalue weighted by Gasteiger charge is 2.32. The van der Waals surface area contributed by atoms with Gasteiger partial charge in [-0.15, -0.1) is 11.3 Å². The van der Waals surface area contributed by atoms with Crippen LogP contribution in [0.25, 0.3) is 0 Å². The highest BCUT2D eigenvalue weighted by molar-refractivity contribution is 7.14. The van der Waals surface area contributed by atoms with Crippen molar-refractivity contribution in [2.75, 3.05) is 13.2 Å². The van der Waals surface area contributed by atoms with Gasteiger partial charge in [-0.05, 0) is 25.0 Å². The first-order valence-electron chi connectivity index (χ1n) is 6.01. The number of hydrogen-bond donors (Lipinski definition) is 1. The van der Waals surface area contributed by atoms with E-state index in [-0.39, 0.29) is 18.7 Å². The number of hydrogen-bond acceptors (Lipinski definition) is 4. The SMILES string of the molecule is C=CCOC(=O)N1CCCC1c1ccc(C(=O)O)s1. The Labute approximate surface area is 115 Å². The Morgan fingerprint density at radius 2 is 2.37 bits per heavy atom. The third kappa shape index (κ3) is 2.96. The smallest absolute Gasteiger partial charge is 0.410 e. The largest absolute Gasteiger partial charge is 0.477 e. The molecule has 0 aromatic carbocycles. The summed E-state index contributed by atoms with van der Waals surface area (Å²) in [6.45, 7) is 4.33. The lowest BCUT2D eigenvalue weighted by Crippen LogP contribution is -2.30. The molecule has 1 fully saturated rings. The molecule has 1 aliphatic rings. The Bertz CT molecular complexity index is 497. The fraction of sp³-hybridized carbons (Fsp3) is 0.385. The summed E-state index contributed by atoms with van der Waals surface area (Å²) in [5.41, 5.74) is 0. The number of carbonyl (C=O) groups is 2. The van der Waals surface area contributed by atoms with Gasteiger partial charge in [-0.1, -0.05) is 12.7 Å². The summed E-state index contributed by atoms with van der Waals surface area (Å²) in [7, 11) is 0. The molecule has 5 nitrogen and oxygen atoms in total. The number of carbonyl (C=O) groups excluding carboxylic acids is 1. The van der Waals surface area contributed by atoms with Crippen LogP contribution in [0.1, 0.15) is 33.4 Å². The average Bonchev–Trinajstić information content (AvgIpc) is 3.02. The van der Waals surface area contributed by atoms with Gasteiger partial charge >= 0.3 is 12.1 Å². The van der Waals surface area contributed by atoms with Crippen molar-refractivity contribution >= 4 is 23.4 Å². The van der Waals surface area contributed by atoms with Crippen LogP contribution in [0.15, 0.2) is 24.8 Å². The number of thiophene rings is 1. The zero-order valence-electron chi connectivity index (χ0n) is 10.4. The third-order valence-electron chi connectivity index (χ3n) is 2.98. The number of carboxylic acids is 1. The van der Waals surface area contributed by atoms with Crippen molar-refractivity contribution in [3.05, 3.63) is 34.5 Å². The molecule has 6 heteroatoms. The molecule has 1 aliphatic heterocycles. The Kier molecular flexibility index (Phi) is 4.21. The highest BCUT2D eigenvalue weighted by atomic mass is 32.1. The Balaban J connectivity index is 2.11. The standard InChI is InChI=1S/C13H15NO4S/c1-2-8-18-13(17)14-7-3-4-9(14)10-5-6-11(19-10)12(15)16/h2,5-6,9H,1,3-4,7-8H2,(H,15,16). The van der Waals surface area contributed by atoms with Crippen LogP contribution in [0.4, 0.5) is 4.79 Å². The molecule has 0 saturated carbocycles. The maximum Gasteiger partial charge on any atom is 0.410 e. The van der Waals surface area contributed by atoms with Crippen LogP contribution in [-0.2, 0) is 4.74 Å². The summed E-state index contributed by atoms with van der Waals surface area (Å²) in [6.07, 6.45) is 2.89. The lowest BCUT2D eigenvalue weighted by molar-refractivity contribution is 0.0702. The summed E-state index contributed by atoms with van der Waals surface area (Å²) in [6, 6.07) is 3.28. The van der Waals surface area contributed by atoms with Crippen LogP contribution in [0.2, 0.25) is 0 Å². The summed E-state index contributed by atoms with van der Waals surface area (Å²) >= 11 is 1.21. The first-order valence-corrected chi connectivity index (χ1v) is 6.82. The lowest BCUT2D eigenvalue weighted by atomic mass is 10.2. The van der Waals surface area contributed by atoms with E-state index in [9.17, 15) is 9.59 Å². The van der Waals surface area contributed by atoms with Gasteiger partial charge in [0, 0.05) is 11.4 Å². The molecule has 2 rings (SSSR count). The molecular formula is C13H15NO4S. The maximum absolute atomic E-state index is 11.9. The van der Waals surface area contributed by atoms with Crippen molar-refractivity contribution in [1.82, 2.24) is 4.90 Å². The van der Waals surface area contributed by atoms with Gasteiger partial charge in [0.25, 0.3) is 0 Å². The number of ether oxygens (including phenoxy) is 1. The van der Waals surface area contributed by atoms with Gasteiger partial charge in [0.2, 0.25) is 0 Å². The van der Waals surface area contributed by atoms with E-state index in [0.29, 0.717) is 11.4 Å². The van der Waals surface area contributed by atoms with Gasteiger partial charge in [0.15, 0.2) is 0 Å². The first-order chi connectivity index (χ1) is 9.13. The van der Waals surface area contributed by atoms with Crippen LogP contribution in [0.3, 0.4) is 0 Å². The molecule has 1 saturated heterocycles. The van der Waals surface area contributed by atoms with Crippen LogP contribution in [0.5, 0.6) is 0 Å². The Morgan fingerprint density at radius 3 is 3.00 bits per heavy atom. The molecule has 102 valence electrons. The van der Waals surface area contributed by atoms with Gasteiger partial charge in [-0.3, -0.25) is 0 Å². The summed E-state index contributed by atoms with van der Waals surface area (Å²) in [5.74, 6) is -0.935. The molecule has 1 atom stereocenters. The van der Waals surface area contributed by atoms with Gasteiger partial charge in [0.1, 0.15) is 11.5 Å². The second kappa shape index (κ2) is 5.88. The zero-order chi connectivity index (χ0) is 13.8. The fourth-order valence-corrected chi connectivity index (χ4v) is 3.14. The van der Waals surface area contributed by atoms with Crippen LogP contribution in [0, 0.1) is 0 Å². The molecular weight excluding hydrogens is 266 g/mol. The molecule has 1 aromatic heterocycles. The van der Waals surface area contributed by atoms with Crippen molar-refractivity contribution in [1.29, 1.82) is 0 Å². The minimum Gasteiger partial charge on any atom is -0.477 e. The zero-order valence-corrected chi connectivity index (χ0v) is 11.2. The lowest BCUT2D eigenvalue weighted by Gasteiger charge is -2.22. The third-order valence-corrected chi connectivity index (χ3v) is 4.15. The van der Waals surface area contributed by atoms with Crippen molar-refractivity contribution in [2.24, 2.45) is 0 Å². The van der Waals surface area contributed by atoms with Gasteiger partial charge < -0.3 is 14.7 Å². The quantitative estimate of drug-likeness (QED) is 0.862. The number of carboxylic acid groups (broad SMARTS) is 1. The first kappa shape index (κ1) is 13.6. The Morgan fingerprint density at radius 1 is 1.58 bits per heavy atom. The monoisotopic (exact) mass is 281 g/mol. The van der Waals surface area contributed by atoms with E-state index in [0.717, 1.165) is 17.7 Å². The number of aromatic carboxylic acids is 1. The molecule has 0 spiro atoms. The average molecular weight is 281 g/mol. The molecule has 2 heterocycles. The summed E-state index contributed by atoms with van der Waals surface area (Å²) < 4.78 is 5.04. The maximum atomic E-state index is 11.9. The van der Waals surface area contributed by atoms with Gasteiger partial charge in [-0.2, -0.15) is 0 Å². The number of likely N-dealkylation sites (tertiary alicyclic amines) is 1. The van der Waals surface area contributed by atoms with E-state index in [2.05, 4.69) is 6.58 Å². The van der Waals surface area contributed by atoms with E-state index in [4.69, 9.17) is 9.84 Å². The molecule has 1 N–H and O–H groups in total. The summed E-state index contributed by atoms with van der Waals surface area (Å²) in [4.78, 5) is 25.6. The number of rotatable bonds is 4. The van der Waals surface area contributed by atoms with Crippen LogP contribution in [-0.4, -0.2) is 35.2 Å². The van der Waals surface area contributed by atoms with Crippen molar-refractivity contribution in [3.63, 3.8) is 0 Å². The Hall–Kier alpha value is -1.82. The van der Waals surface area contributed by atoms with E-state index in [1.54, 1.807) is 17.0 Å². The second-order valence-electron chi connectivity index (χ2n) is 4.22. The molecule has 1 amide bonds. The number of nitrogens with zero attached hydrogens (tertiary/aromatic N) is 1. The predicted molar refractivity (Wildman–Crippen MR) is 71.5 cm³/mol. The van der Waals surface area contributed by atoms with Crippen molar-refractivity contribution in [3.8, 4) is 0 Å². The van der Waals surface area contributed by atoms with E-state index in [1.807, 2.05) is 0 Å².